The van der Waals surface area contributed by atoms with Crippen molar-refractivity contribution < 1.29 is 18.3 Å². The van der Waals surface area contributed by atoms with Gasteiger partial charge in [0.05, 0.1) is 6.10 Å². The number of benzene rings is 1. The van der Waals surface area contributed by atoms with E-state index in [9.17, 15) is 18.3 Å². The van der Waals surface area contributed by atoms with Crippen LogP contribution in [-0.2, 0) is 0 Å². The fourth-order valence-electron chi connectivity index (χ4n) is 1.14. The van der Waals surface area contributed by atoms with Crippen molar-refractivity contribution >= 4 is 27.7 Å². The van der Waals surface area contributed by atoms with Gasteiger partial charge in [-0.25, -0.2) is 0 Å². The van der Waals surface area contributed by atoms with Crippen molar-refractivity contribution in [2.45, 2.75) is 30.0 Å². The lowest BCUT2D eigenvalue weighted by atomic mass is 10.2. The summed E-state index contributed by atoms with van der Waals surface area (Å²) in [7, 11) is 0. The lowest BCUT2D eigenvalue weighted by molar-refractivity contribution is -0.139. The molecule has 1 N–H and O–H groups in total. The predicted octanol–water partition coefficient (Wildman–Crippen LogP) is 4.24. The van der Waals surface area contributed by atoms with Crippen molar-refractivity contribution in [1.29, 1.82) is 0 Å². The maximum Gasteiger partial charge on any atom is 0.389 e. The van der Waals surface area contributed by atoms with Gasteiger partial charge in [0.1, 0.15) is 0 Å². The number of alkyl halides is 3. The molecule has 0 heterocycles. The average Bonchev–Trinajstić information content (AvgIpc) is 2.25. The summed E-state index contributed by atoms with van der Waals surface area (Å²) in [5, 5.41) is 9.40. The summed E-state index contributed by atoms with van der Waals surface area (Å²) in [6.45, 7) is 0. The summed E-state index contributed by atoms with van der Waals surface area (Å²) < 4.78 is 36.6. The van der Waals surface area contributed by atoms with Gasteiger partial charge in [0.25, 0.3) is 0 Å². The molecule has 1 atom stereocenters. The maximum absolute atomic E-state index is 11.9. The highest BCUT2D eigenvalue weighted by molar-refractivity contribution is 9.10. The molecule has 1 unspecified atom stereocenters. The van der Waals surface area contributed by atoms with Crippen molar-refractivity contribution in [2.75, 3.05) is 5.75 Å². The van der Waals surface area contributed by atoms with Crippen LogP contribution in [0.15, 0.2) is 33.6 Å². The van der Waals surface area contributed by atoms with Crippen LogP contribution in [0.2, 0.25) is 0 Å². The number of thioether (sulfide) groups is 1. The molecule has 17 heavy (non-hydrogen) atoms. The first kappa shape index (κ1) is 14.9. The van der Waals surface area contributed by atoms with Crippen LogP contribution in [0.25, 0.3) is 0 Å². The van der Waals surface area contributed by atoms with Crippen molar-refractivity contribution in [3.05, 3.63) is 28.7 Å². The average molecular weight is 329 g/mol. The van der Waals surface area contributed by atoms with Gasteiger partial charge in [-0.15, -0.1) is 11.8 Å². The molecule has 0 aliphatic rings. The zero-order valence-corrected chi connectivity index (χ0v) is 11.3. The molecule has 6 heteroatoms. The fraction of sp³-hybridized carbons (Fsp3) is 0.455. The molecule has 0 spiro atoms. The molecular formula is C11H12BrF3OS. The largest absolute Gasteiger partial charge is 0.392 e. The Morgan fingerprint density at radius 3 is 2.35 bits per heavy atom. The number of aliphatic hydroxyl groups excluding tert-OH is 1. The van der Waals surface area contributed by atoms with E-state index < -0.39 is 18.7 Å². The topological polar surface area (TPSA) is 20.2 Å². The van der Waals surface area contributed by atoms with Crippen LogP contribution in [0.3, 0.4) is 0 Å². The summed E-state index contributed by atoms with van der Waals surface area (Å²) in [6, 6.07) is 7.41. The van der Waals surface area contributed by atoms with Gasteiger partial charge >= 0.3 is 6.18 Å². The summed E-state index contributed by atoms with van der Waals surface area (Å²) in [6.07, 6.45) is -6.30. The third-order valence-corrected chi connectivity index (χ3v) is 3.70. The summed E-state index contributed by atoms with van der Waals surface area (Å²) >= 11 is 4.64. The van der Waals surface area contributed by atoms with Crippen molar-refractivity contribution in [3.63, 3.8) is 0 Å². The standard InChI is InChI=1S/C11H12BrF3OS/c12-8-1-3-10(4-2-8)17-7-9(16)5-6-11(13,14)15/h1-4,9,16H,5-7H2. The van der Waals surface area contributed by atoms with Crippen LogP contribution in [0.5, 0.6) is 0 Å². The number of hydrogen-bond acceptors (Lipinski definition) is 2. The third-order valence-electron chi connectivity index (χ3n) is 2.02. The van der Waals surface area contributed by atoms with Crippen LogP contribution in [0, 0.1) is 0 Å². The lowest BCUT2D eigenvalue weighted by Gasteiger charge is -2.11. The first-order valence-electron chi connectivity index (χ1n) is 5.00. The third kappa shape index (κ3) is 6.95. The second kappa shape index (κ2) is 6.66. The maximum atomic E-state index is 11.9. The van der Waals surface area contributed by atoms with Gasteiger partial charge in [-0.1, -0.05) is 15.9 Å². The SMILES string of the molecule is OC(CCC(F)(F)F)CSc1ccc(Br)cc1. The van der Waals surface area contributed by atoms with E-state index in [1.54, 1.807) is 0 Å². The van der Waals surface area contributed by atoms with E-state index in [-0.39, 0.29) is 12.2 Å². The first-order valence-corrected chi connectivity index (χ1v) is 6.78. The Kier molecular flexibility index (Phi) is 5.82. The van der Waals surface area contributed by atoms with Crippen LogP contribution in [-0.4, -0.2) is 23.1 Å². The Morgan fingerprint density at radius 2 is 1.82 bits per heavy atom. The monoisotopic (exact) mass is 328 g/mol. The molecule has 0 fully saturated rings. The molecule has 0 saturated carbocycles. The normalized spacial score (nSPS) is 13.7. The van der Waals surface area contributed by atoms with Crippen molar-refractivity contribution in [1.82, 2.24) is 0 Å². The van der Waals surface area contributed by atoms with Crippen LogP contribution < -0.4 is 0 Å². The van der Waals surface area contributed by atoms with Crippen LogP contribution >= 0.6 is 27.7 Å². The summed E-state index contributed by atoms with van der Waals surface area (Å²) in [5.41, 5.74) is 0. The Labute approximate surface area is 111 Å². The molecule has 0 saturated heterocycles. The second-order valence-corrected chi connectivity index (χ2v) is 5.58. The van der Waals surface area contributed by atoms with Crippen LogP contribution in [0.4, 0.5) is 13.2 Å². The van der Waals surface area contributed by atoms with E-state index in [4.69, 9.17) is 0 Å². The van der Waals surface area contributed by atoms with E-state index in [0.29, 0.717) is 0 Å². The van der Waals surface area contributed by atoms with E-state index in [1.807, 2.05) is 24.3 Å². The molecule has 0 aromatic heterocycles. The molecule has 1 nitrogen and oxygen atoms in total. The fourth-order valence-corrected chi connectivity index (χ4v) is 2.28. The Bertz CT molecular complexity index is 340. The minimum absolute atomic E-state index is 0.243. The van der Waals surface area contributed by atoms with Crippen molar-refractivity contribution in [2.24, 2.45) is 0 Å². The molecule has 0 aliphatic carbocycles. The highest BCUT2D eigenvalue weighted by atomic mass is 79.9. The quantitative estimate of drug-likeness (QED) is 0.815. The number of hydrogen-bond donors (Lipinski definition) is 1. The van der Waals surface area contributed by atoms with Gasteiger partial charge in [0.2, 0.25) is 0 Å². The molecule has 1 aromatic carbocycles. The number of aliphatic hydroxyl groups is 1. The lowest BCUT2D eigenvalue weighted by Crippen LogP contribution is -2.16. The van der Waals surface area contributed by atoms with E-state index >= 15 is 0 Å². The first-order chi connectivity index (χ1) is 7.87. The smallest absolute Gasteiger partial charge is 0.389 e. The molecule has 1 rings (SSSR count). The van der Waals surface area contributed by atoms with Gasteiger partial charge in [-0.05, 0) is 30.7 Å². The minimum Gasteiger partial charge on any atom is -0.392 e. The summed E-state index contributed by atoms with van der Waals surface area (Å²) in [4.78, 5) is 0.930. The molecule has 0 amide bonds. The molecule has 0 bridgehead atoms. The molecule has 96 valence electrons. The highest BCUT2D eigenvalue weighted by Gasteiger charge is 2.27. The second-order valence-electron chi connectivity index (χ2n) is 3.57. The van der Waals surface area contributed by atoms with Gasteiger partial charge in [-0.2, -0.15) is 13.2 Å². The van der Waals surface area contributed by atoms with Gasteiger partial charge < -0.3 is 5.11 Å². The Balaban J connectivity index is 2.28. The van der Waals surface area contributed by atoms with Gasteiger partial charge in [-0.3, -0.25) is 0 Å². The predicted molar refractivity (Wildman–Crippen MR) is 66.2 cm³/mol. The van der Waals surface area contributed by atoms with Crippen molar-refractivity contribution in [3.8, 4) is 0 Å². The summed E-state index contributed by atoms with van der Waals surface area (Å²) in [5.74, 6) is 0.276. The van der Waals surface area contributed by atoms with E-state index in [2.05, 4.69) is 15.9 Å². The highest BCUT2D eigenvalue weighted by Crippen LogP contribution is 2.25. The van der Waals surface area contributed by atoms with Gasteiger partial charge in [0.15, 0.2) is 0 Å². The Hall–Kier alpha value is -0.200. The zero-order valence-electron chi connectivity index (χ0n) is 8.88. The number of halogens is 4. The minimum atomic E-state index is -4.19. The van der Waals surface area contributed by atoms with Gasteiger partial charge in [0, 0.05) is 21.5 Å². The molecular weight excluding hydrogens is 317 g/mol. The van der Waals surface area contributed by atoms with E-state index in [0.717, 1.165) is 9.37 Å². The van der Waals surface area contributed by atoms with Crippen LogP contribution in [0.1, 0.15) is 12.8 Å². The molecule has 0 aliphatic heterocycles. The number of rotatable bonds is 5. The molecule has 1 aromatic rings. The molecule has 0 radical (unpaired) electrons. The Morgan fingerprint density at radius 1 is 1.24 bits per heavy atom. The van der Waals surface area contributed by atoms with E-state index in [1.165, 1.54) is 11.8 Å². The zero-order chi connectivity index (χ0) is 12.9.